The molecule has 7 heteroatoms. The van der Waals surface area contributed by atoms with E-state index in [0.717, 1.165) is 10.5 Å². The van der Waals surface area contributed by atoms with Crippen LogP contribution in [0, 0.1) is 23.0 Å². The van der Waals surface area contributed by atoms with Gasteiger partial charge in [0.1, 0.15) is 6.07 Å². The van der Waals surface area contributed by atoms with Gasteiger partial charge in [-0.25, -0.2) is 13.8 Å². The van der Waals surface area contributed by atoms with Crippen molar-refractivity contribution in [1.29, 1.82) is 5.26 Å². The minimum atomic E-state index is -0.842. The molecule has 4 nitrogen and oxygen atoms in total. The molecule has 20 heavy (non-hydrogen) atoms. The van der Waals surface area contributed by atoms with Crippen molar-refractivity contribution in [3.05, 3.63) is 45.9 Å². The minimum absolute atomic E-state index is 0.0811. The van der Waals surface area contributed by atoms with E-state index in [1.807, 2.05) is 6.07 Å². The number of halogens is 3. The second kappa shape index (κ2) is 5.84. The second-order valence-electron chi connectivity index (χ2n) is 3.83. The Kier molecular flexibility index (Phi) is 4.15. The third-order valence-electron chi connectivity index (χ3n) is 2.52. The van der Waals surface area contributed by atoms with E-state index >= 15 is 0 Å². The van der Waals surface area contributed by atoms with Gasteiger partial charge in [-0.05, 0) is 18.2 Å². The van der Waals surface area contributed by atoms with Crippen LogP contribution in [0.5, 0.6) is 0 Å². The number of hydrogen-bond acceptors (Lipinski definition) is 4. The van der Waals surface area contributed by atoms with Gasteiger partial charge < -0.3 is 10.6 Å². The Morgan fingerprint density at radius 1 is 1.20 bits per heavy atom. The van der Waals surface area contributed by atoms with E-state index in [1.165, 1.54) is 7.05 Å². The molecule has 1 aromatic heterocycles. The van der Waals surface area contributed by atoms with Gasteiger partial charge in [0, 0.05) is 17.6 Å². The van der Waals surface area contributed by atoms with Crippen molar-refractivity contribution in [2.45, 2.75) is 0 Å². The fourth-order valence-corrected chi connectivity index (χ4v) is 1.94. The maximum absolute atomic E-state index is 13.7. The first-order chi connectivity index (χ1) is 9.55. The fraction of sp³-hybridized carbons (Fsp3) is 0.0769. The quantitative estimate of drug-likeness (QED) is 0.894. The first-order valence-corrected chi connectivity index (χ1v) is 6.35. The first kappa shape index (κ1) is 14.2. The molecule has 0 amide bonds. The number of nitrogens with one attached hydrogen (secondary N) is 2. The smallest absolute Gasteiger partial charge is 0.169 e. The van der Waals surface area contributed by atoms with E-state index in [2.05, 4.69) is 31.5 Å². The number of benzene rings is 1. The van der Waals surface area contributed by atoms with Gasteiger partial charge in [-0.15, -0.1) is 0 Å². The van der Waals surface area contributed by atoms with E-state index < -0.39 is 11.6 Å². The lowest BCUT2D eigenvalue weighted by Gasteiger charge is -2.11. The molecule has 0 fully saturated rings. The third-order valence-corrected chi connectivity index (χ3v) is 3.01. The summed E-state index contributed by atoms with van der Waals surface area (Å²) in [6.07, 6.45) is 0. The molecular weight excluding hydrogens is 330 g/mol. The highest BCUT2D eigenvalue weighted by Gasteiger charge is 2.13. The van der Waals surface area contributed by atoms with Crippen LogP contribution in [0.4, 0.5) is 26.1 Å². The molecule has 0 radical (unpaired) electrons. The lowest BCUT2D eigenvalue weighted by Crippen LogP contribution is -2.04. The van der Waals surface area contributed by atoms with Crippen LogP contribution in [0.2, 0.25) is 0 Å². The molecule has 102 valence electrons. The molecule has 1 heterocycles. The molecule has 0 aliphatic heterocycles. The maximum atomic E-state index is 13.7. The normalized spacial score (nSPS) is 9.95. The van der Waals surface area contributed by atoms with Crippen LogP contribution in [-0.2, 0) is 0 Å². The molecule has 0 saturated heterocycles. The van der Waals surface area contributed by atoms with Gasteiger partial charge in [0.05, 0.1) is 11.3 Å². The zero-order valence-electron chi connectivity index (χ0n) is 10.3. The number of pyridine rings is 1. The highest BCUT2D eigenvalue weighted by atomic mass is 79.9. The zero-order valence-corrected chi connectivity index (χ0v) is 11.9. The second-order valence-corrected chi connectivity index (χ2v) is 4.74. The largest absolute Gasteiger partial charge is 0.371 e. The van der Waals surface area contributed by atoms with Crippen molar-refractivity contribution in [1.82, 2.24) is 4.98 Å². The number of hydrogen-bond donors (Lipinski definition) is 2. The molecular formula is C13H9BrF2N4. The van der Waals surface area contributed by atoms with Crippen LogP contribution >= 0.6 is 15.9 Å². The number of anilines is 3. The van der Waals surface area contributed by atoms with Crippen molar-refractivity contribution in [2.75, 3.05) is 17.7 Å². The van der Waals surface area contributed by atoms with Crippen LogP contribution in [0.25, 0.3) is 0 Å². The highest BCUT2D eigenvalue weighted by molar-refractivity contribution is 9.10. The maximum Gasteiger partial charge on any atom is 0.169 e. The number of rotatable bonds is 3. The molecule has 0 saturated carbocycles. The Labute approximate surface area is 122 Å². The summed E-state index contributed by atoms with van der Waals surface area (Å²) in [6.45, 7) is 0. The molecule has 0 bridgehead atoms. The minimum Gasteiger partial charge on any atom is -0.371 e. The SMILES string of the molecule is CNc1nc(Nc2cc(Br)ccc2C#N)c(F)cc1F. The van der Waals surface area contributed by atoms with Gasteiger partial charge in [0.25, 0.3) is 0 Å². The Morgan fingerprint density at radius 3 is 2.55 bits per heavy atom. The predicted octanol–water partition coefficient (Wildman–Crippen LogP) is 3.78. The number of nitrogens with zero attached hydrogens (tertiary/aromatic N) is 2. The van der Waals surface area contributed by atoms with E-state index in [0.29, 0.717) is 11.3 Å². The van der Waals surface area contributed by atoms with Crippen LogP contribution in [0.3, 0.4) is 0 Å². The number of nitriles is 1. The summed E-state index contributed by atoms with van der Waals surface area (Å²) >= 11 is 3.26. The van der Waals surface area contributed by atoms with Crippen LogP contribution in [-0.4, -0.2) is 12.0 Å². The van der Waals surface area contributed by atoms with E-state index in [1.54, 1.807) is 18.2 Å². The molecule has 0 spiro atoms. The Bertz CT molecular complexity index is 698. The Balaban J connectivity index is 2.45. The van der Waals surface area contributed by atoms with Crippen molar-refractivity contribution < 1.29 is 8.78 Å². The summed E-state index contributed by atoms with van der Waals surface area (Å²) in [5, 5.41) is 14.2. The summed E-state index contributed by atoms with van der Waals surface area (Å²) in [5.74, 6) is -1.87. The average molecular weight is 339 g/mol. The van der Waals surface area contributed by atoms with E-state index in [9.17, 15) is 8.78 Å². The molecule has 0 unspecified atom stereocenters. The van der Waals surface area contributed by atoms with Crippen molar-refractivity contribution in [2.24, 2.45) is 0 Å². The van der Waals surface area contributed by atoms with Gasteiger partial charge in [-0.2, -0.15) is 5.26 Å². The average Bonchev–Trinajstić information content (AvgIpc) is 2.42. The van der Waals surface area contributed by atoms with Crippen LogP contribution in [0.1, 0.15) is 5.56 Å². The Hall–Kier alpha value is -2.20. The van der Waals surface area contributed by atoms with Crippen molar-refractivity contribution in [3.63, 3.8) is 0 Å². The lowest BCUT2D eigenvalue weighted by molar-refractivity contribution is 0.580. The summed E-state index contributed by atoms with van der Waals surface area (Å²) in [7, 11) is 1.48. The van der Waals surface area contributed by atoms with Gasteiger partial charge in [-0.3, -0.25) is 0 Å². The summed E-state index contributed by atoms with van der Waals surface area (Å²) < 4.78 is 27.7. The predicted molar refractivity (Wildman–Crippen MR) is 75.8 cm³/mol. The topological polar surface area (TPSA) is 60.7 Å². The monoisotopic (exact) mass is 338 g/mol. The van der Waals surface area contributed by atoms with Gasteiger partial charge in [-0.1, -0.05) is 15.9 Å². The van der Waals surface area contributed by atoms with Crippen LogP contribution in [0.15, 0.2) is 28.7 Å². The summed E-state index contributed by atoms with van der Waals surface area (Å²) in [4.78, 5) is 3.79. The van der Waals surface area contributed by atoms with Crippen LogP contribution < -0.4 is 10.6 Å². The standard InChI is InChI=1S/C13H9BrF2N4/c1-18-12-9(15)5-10(16)13(20-12)19-11-4-8(14)3-2-7(11)6-17/h2-5H,1H3,(H2,18,19,20). The summed E-state index contributed by atoms with van der Waals surface area (Å²) in [5.41, 5.74) is 0.701. The lowest BCUT2D eigenvalue weighted by atomic mass is 10.2. The van der Waals surface area contributed by atoms with Gasteiger partial charge >= 0.3 is 0 Å². The van der Waals surface area contributed by atoms with Crippen molar-refractivity contribution >= 4 is 33.3 Å². The molecule has 2 N–H and O–H groups in total. The molecule has 2 aromatic rings. The number of aromatic nitrogens is 1. The molecule has 0 aliphatic carbocycles. The summed E-state index contributed by atoms with van der Waals surface area (Å²) in [6, 6.07) is 7.59. The van der Waals surface area contributed by atoms with Gasteiger partial charge in [0.2, 0.25) is 0 Å². The van der Waals surface area contributed by atoms with E-state index in [4.69, 9.17) is 5.26 Å². The van der Waals surface area contributed by atoms with Crippen molar-refractivity contribution in [3.8, 4) is 6.07 Å². The van der Waals surface area contributed by atoms with E-state index in [-0.39, 0.29) is 11.6 Å². The molecule has 0 aliphatic rings. The molecule has 0 atom stereocenters. The molecule has 1 aromatic carbocycles. The zero-order chi connectivity index (χ0) is 14.7. The first-order valence-electron chi connectivity index (χ1n) is 5.55. The van der Waals surface area contributed by atoms with Gasteiger partial charge in [0.15, 0.2) is 23.3 Å². The fourth-order valence-electron chi connectivity index (χ4n) is 1.57. The Morgan fingerprint density at radius 2 is 1.90 bits per heavy atom. The highest BCUT2D eigenvalue weighted by Crippen LogP contribution is 2.26. The molecule has 2 rings (SSSR count). The third kappa shape index (κ3) is 2.86.